The molecule has 2 bridgehead atoms. The molecule has 2 aliphatic rings. The zero-order chi connectivity index (χ0) is 25.0. The number of hydrogen-bond acceptors (Lipinski definition) is 6. The smallest absolute Gasteiger partial charge is 0.270 e. The van der Waals surface area contributed by atoms with Crippen molar-refractivity contribution >= 4 is 29.0 Å². The van der Waals surface area contributed by atoms with Crippen LogP contribution in [0.1, 0.15) is 36.6 Å². The van der Waals surface area contributed by atoms with Gasteiger partial charge in [-0.2, -0.15) is 5.10 Å². The number of fused-ring (bicyclic) bond motifs is 6. The second kappa shape index (κ2) is 8.30. The van der Waals surface area contributed by atoms with Crippen molar-refractivity contribution in [2.24, 2.45) is 10.9 Å². The van der Waals surface area contributed by atoms with Gasteiger partial charge in [0.15, 0.2) is 4.80 Å². The number of nitrogens with one attached hydrogen (secondary N) is 1. The fraction of sp³-hybridized carbons (Fsp3) is 0.259. The molecule has 0 radical (unpaired) electrons. The van der Waals surface area contributed by atoms with Crippen LogP contribution in [-0.2, 0) is 11.3 Å². The fourth-order valence-electron chi connectivity index (χ4n) is 5.05. The molecule has 1 N–H and O–H groups in total. The summed E-state index contributed by atoms with van der Waals surface area (Å²) in [5.74, 6) is -0.358. The molecule has 1 amide bonds. The van der Waals surface area contributed by atoms with E-state index in [1.54, 1.807) is 10.8 Å². The van der Waals surface area contributed by atoms with E-state index in [1.165, 1.54) is 11.3 Å². The average Bonchev–Trinajstić information content (AvgIpc) is 3.43. The van der Waals surface area contributed by atoms with Gasteiger partial charge in [-0.1, -0.05) is 47.7 Å². The number of hydrogen-bond donors (Lipinski definition) is 1. The molecular formula is C27H25N5O3S. The highest BCUT2D eigenvalue weighted by atomic mass is 32.1. The van der Waals surface area contributed by atoms with Crippen molar-refractivity contribution in [3.05, 3.63) is 97.3 Å². The maximum absolute atomic E-state index is 13.8. The number of thiazole rings is 1. The summed E-state index contributed by atoms with van der Waals surface area (Å²) in [6, 6.07) is 14.6. The molecule has 4 heterocycles. The van der Waals surface area contributed by atoms with Gasteiger partial charge in [-0.05, 0) is 44.5 Å². The molecule has 4 aromatic rings. The van der Waals surface area contributed by atoms with Crippen molar-refractivity contribution in [2.45, 2.75) is 39.1 Å². The second-order valence-corrected chi connectivity index (χ2v) is 10.2. The van der Waals surface area contributed by atoms with Crippen LogP contribution >= 0.6 is 11.3 Å². The summed E-state index contributed by atoms with van der Waals surface area (Å²) in [5.41, 5.74) is 1.96. The third kappa shape index (κ3) is 3.50. The summed E-state index contributed by atoms with van der Waals surface area (Å²) >= 11 is 1.30. The van der Waals surface area contributed by atoms with Gasteiger partial charge in [0, 0.05) is 29.6 Å². The Hall–Kier alpha value is -3.98. The summed E-state index contributed by atoms with van der Waals surface area (Å²) in [6.07, 6.45) is 5.46. The lowest BCUT2D eigenvalue weighted by atomic mass is 9.80. The van der Waals surface area contributed by atoms with Crippen LogP contribution in [0.2, 0.25) is 0 Å². The summed E-state index contributed by atoms with van der Waals surface area (Å²) in [5, 5.41) is 7.36. The first-order chi connectivity index (χ1) is 17.4. The Morgan fingerprint density at radius 2 is 2.00 bits per heavy atom. The molecule has 0 saturated heterocycles. The van der Waals surface area contributed by atoms with E-state index >= 15 is 0 Å². The minimum absolute atomic E-state index is 0.180. The van der Waals surface area contributed by atoms with E-state index in [9.17, 15) is 9.59 Å². The van der Waals surface area contributed by atoms with E-state index in [1.807, 2.05) is 86.3 Å². The number of anilines is 1. The Kier molecular flexibility index (Phi) is 5.19. The highest BCUT2D eigenvalue weighted by Crippen LogP contribution is 2.47. The van der Waals surface area contributed by atoms with Crippen LogP contribution in [0.5, 0.6) is 5.75 Å². The third-order valence-electron chi connectivity index (χ3n) is 6.84. The van der Waals surface area contributed by atoms with Gasteiger partial charge < -0.3 is 10.1 Å². The molecule has 0 saturated carbocycles. The number of para-hydroxylation sites is 2. The van der Waals surface area contributed by atoms with Gasteiger partial charge >= 0.3 is 0 Å². The highest BCUT2D eigenvalue weighted by molar-refractivity contribution is 7.07. The molecule has 2 aromatic carbocycles. The van der Waals surface area contributed by atoms with Crippen LogP contribution < -0.4 is 24.9 Å². The lowest BCUT2D eigenvalue weighted by molar-refractivity contribution is -0.131. The average molecular weight is 500 g/mol. The van der Waals surface area contributed by atoms with Crippen molar-refractivity contribution in [2.75, 3.05) is 5.32 Å². The molecule has 0 spiro atoms. The summed E-state index contributed by atoms with van der Waals surface area (Å²) in [6.45, 7) is 6.52. The van der Waals surface area contributed by atoms with Gasteiger partial charge in [-0.25, -0.2) is 4.99 Å². The molecule has 182 valence electrons. The summed E-state index contributed by atoms with van der Waals surface area (Å²) in [7, 11) is 0. The molecule has 36 heavy (non-hydrogen) atoms. The zero-order valence-corrected chi connectivity index (χ0v) is 21.0. The Labute approximate surface area is 211 Å². The standard InChI is InChI=1S/C27H25N5O3S/c1-4-31-15-17(14-28-31)13-21-25(34)32-23-18-10-6-8-12-20(18)35-27(3,30-26(32)36-21)22(23)24(33)29-19-11-7-5-9-16(19)2/h5-15,22-23H,4H2,1-3H3,(H,29,33)/b21-13-/t22-,23-,27+/m0/s1. The van der Waals surface area contributed by atoms with E-state index in [-0.39, 0.29) is 11.5 Å². The van der Waals surface area contributed by atoms with Crippen LogP contribution in [0.25, 0.3) is 6.08 Å². The fourth-order valence-corrected chi connectivity index (χ4v) is 6.14. The molecule has 3 atom stereocenters. The normalized spacial score (nSPS) is 22.2. The van der Waals surface area contributed by atoms with Gasteiger partial charge in [0.05, 0.1) is 16.8 Å². The van der Waals surface area contributed by atoms with E-state index in [4.69, 9.17) is 9.73 Å². The molecule has 0 aliphatic carbocycles. The van der Waals surface area contributed by atoms with Gasteiger partial charge in [0.1, 0.15) is 11.7 Å². The van der Waals surface area contributed by atoms with Crippen molar-refractivity contribution in [3.8, 4) is 5.75 Å². The minimum Gasteiger partial charge on any atom is -0.465 e. The molecular weight excluding hydrogens is 474 g/mol. The first kappa shape index (κ1) is 22.5. The number of carbonyl (C=O) groups is 1. The SMILES string of the molecule is CCn1cc(/C=c2\sc3n(c2=O)[C@H]2c4ccccc4O[C@@](C)(N=3)[C@@H]2C(=O)Nc2ccccc2C)cn1. The maximum atomic E-state index is 13.8. The molecule has 2 aromatic heterocycles. The van der Waals surface area contributed by atoms with Crippen LogP contribution in [-0.4, -0.2) is 26.0 Å². The number of rotatable bonds is 4. The number of carbonyl (C=O) groups excluding carboxylic acids is 1. The van der Waals surface area contributed by atoms with Gasteiger partial charge in [0.25, 0.3) is 5.56 Å². The lowest BCUT2D eigenvalue weighted by Crippen LogP contribution is -2.59. The Morgan fingerprint density at radius 3 is 2.78 bits per heavy atom. The quantitative estimate of drug-likeness (QED) is 0.468. The summed E-state index contributed by atoms with van der Waals surface area (Å²) in [4.78, 5) is 33.0. The molecule has 0 fully saturated rings. The third-order valence-corrected chi connectivity index (χ3v) is 7.82. The van der Waals surface area contributed by atoms with Gasteiger partial charge in [0.2, 0.25) is 11.6 Å². The number of aryl methyl sites for hydroxylation is 2. The van der Waals surface area contributed by atoms with Gasteiger partial charge in [-0.3, -0.25) is 18.8 Å². The molecule has 9 heteroatoms. The van der Waals surface area contributed by atoms with E-state index in [0.717, 1.165) is 28.9 Å². The van der Waals surface area contributed by atoms with E-state index in [2.05, 4.69) is 10.4 Å². The number of benzene rings is 2. The van der Waals surface area contributed by atoms with Gasteiger partial charge in [-0.15, -0.1) is 0 Å². The summed E-state index contributed by atoms with van der Waals surface area (Å²) < 4.78 is 10.4. The van der Waals surface area contributed by atoms with E-state index in [0.29, 0.717) is 15.1 Å². The highest BCUT2D eigenvalue weighted by Gasteiger charge is 2.55. The molecule has 2 aliphatic heterocycles. The predicted octanol–water partition coefficient (Wildman–Crippen LogP) is 2.85. The van der Waals surface area contributed by atoms with E-state index < -0.39 is 17.7 Å². The van der Waals surface area contributed by atoms with Crippen LogP contribution in [0.3, 0.4) is 0 Å². The Morgan fingerprint density at radius 1 is 1.22 bits per heavy atom. The molecule has 8 nitrogen and oxygen atoms in total. The first-order valence-electron chi connectivity index (χ1n) is 11.9. The minimum atomic E-state index is -1.17. The second-order valence-electron chi connectivity index (χ2n) is 9.23. The number of ether oxygens (including phenoxy) is 1. The molecule has 0 unspecified atom stereocenters. The Balaban J connectivity index is 1.53. The monoisotopic (exact) mass is 499 g/mol. The number of nitrogens with zero attached hydrogens (tertiary/aromatic N) is 4. The van der Waals surface area contributed by atoms with Crippen LogP contribution in [0.4, 0.5) is 5.69 Å². The zero-order valence-electron chi connectivity index (χ0n) is 20.1. The van der Waals surface area contributed by atoms with Crippen LogP contribution in [0.15, 0.2) is 70.7 Å². The van der Waals surface area contributed by atoms with Crippen molar-refractivity contribution < 1.29 is 9.53 Å². The van der Waals surface area contributed by atoms with Crippen molar-refractivity contribution in [3.63, 3.8) is 0 Å². The van der Waals surface area contributed by atoms with Crippen molar-refractivity contribution in [1.82, 2.24) is 14.3 Å². The Bertz CT molecular complexity index is 1680. The predicted molar refractivity (Wildman–Crippen MR) is 138 cm³/mol. The molecule has 6 rings (SSSR count). The lowest BCUT2D eigenvalue weighted by Gasteiger charge is -2.45. The van der Waals surface area contributed by atoms with Crippen LogP contribution in [0, 0.1) is 12.8 Å². The topological polar surface area (TPSA) is 90.5 Å². The number of aromatic nitrogens is 3. The number of amides is 1. The van der Waals surface area contributed by atoms with Crippen molar-refractivity contribution in [1.29, 1.82) is 0 Å². The largest absolute Gasteiger partial charge is 0.465 e. The first-order valence-corrected chi connectivity index (χ1v) is 12.7. The maximum Gasteiger partial charge on any atom is 0.270 e.